The smallest absolute Gasteiger partial charge is 0.257 e. The van der Waals surface area contributed by atoms with Gasteiger partial charge in [-0.2, -0.15) is 0 Å². The highest BCUT2D eigenvalue weighted by Crippen LogP contribution is 2.16. The number of likely N-dealkylation sites (N-methyl/N-ethyl adjacent to an activating group) is 1. The molecule has 2 rings (SSSR count). The number of nitrogens with one attached hydrogen (secondary N) is 2. The van der Waals surface area contributed by atoms with Crippen LogP contribution in [0.4, 0.5) is 5.69 Å². The van der Waals surface area contributed by atoms with E-state index in [9.17, 15) is 9.59 Å². The molecule has 1 aromatic heterocycles. The van der Waals surface area contributed by atoms with E-state index in [0.717, 1.165) is 11.0 Å². The molecule has 0 fully saturated rings. The van der Waals surface area contributed by atoms with Gasteiger partial charge < -0.3 is 15.5 Å². The third-order valence-electron chi connectivity index (χ3n) is 3.19. The van der Waals surface area contributed by atoms with Gasteiger partial charge in [-0.3, -0.25) is 14.6 Å². The van der Waals surface area contributed by atoms with Crippen molar-refractivity contribution in [3.8, 4) is 0 Å². The number of carbonyl (C=O) groups is 2. The number of amides is 2. The number of benzene rings is 1. The molecule has 0 saturated heterocycles. The molecule has 0 atom stereocenters. The van der Waals surface area contributed by atoms with Crippen molar-refractivity contribution >= 4 is 33.4 Å². The predicted molar refractivity (Wildman–Crippen MR) is 97.2 cm³/mol. The third-order valence-corrected chi connectivity index (χ3v) is 3.68. The summed E-state index contributed by atoms with van der Waals surface area (Å²) >= 11 is 3.35. The molecule has 0 aliphatic carbocycles. The van der Waals surface area contributed by atoms with Crippen molar-refractivity contribution in [3.05, 3.63) is 58.3 Å². The quantitative estimate of drug-likeness (QED) is 0.793. The summed E-state index contributed by atoms with van der Waals surface area (Å²) in [6.07, 6.45) is 2.88. The van der Waals surface area contributed by atoms with Crippen molar-refractivity contribution in [2.45, 2.75) is 0 Å². The van der Waals surface area contributed by atoms with Gasteiger partial charge in [0.25, 0.3) is 11.8 Å². The van der Waals surface area contributed by atoms with Crippen LogP contribution in [0.25, 0.3) is 0 Å². The molecule has 0 aliphatic rings. The van der Waals surface area contributed by atoms with Crippen LogP contribution in [0.5, 0.6) is 0 Å². The van der Waals surface area contributed by atoms with E-state index in [1.54, 1.807) is 12.1 Å². The van der Waals surface area contributed by atoms with Crippen LogP contribution >= 0.6 is 15.9 Å². The van der Waals surface area contributed by atoms with Gasteiger partial charge in [0.15, 0.2) is 0 Å². The van der Waals surface area contributed by atoms with Crippen LogP contribution in [0, 0.1) is 0 Å². The molecule has 24 heavy (non-hydrogen) atoms. The molecule has 2 N–H and O–H groups in total. The van der Waals surface area contributed by atoms with Crippen LogP contribution in [0.1, 0.15) is 20.7 Å². The second-order valence-electron chi connectivity index (χ2n) is 5.49. The lowest BCUT2D eigenvalue weighted by Gasteiger charge is -2.11. The maximum Gasteiger partial charge on any atom is 0.257 e. The Balaban J connectivity index is 2.03. The Kier molecular flexibility index (Phi) is 6.45. The van der Waals surface area contributed by atoms with Crippen molar-refractivity contribution in [1.29, 1.82) is 0 Å². The summed E-state index contributed by atoms with van der Waals surface area (Å²) < 4.78 is 0.868. The van der Waals surface area contributed by atoms with Crippen LogP contribution in [0.2, 0.25) is 0 Å². The van der Waals surface area contributed by atoms with Crippen molar-refractivity contribution < 1.29 is 9.59 Å². The van der Waals surface area contributed by atoms with Gasteiger partial charge >= 0.3 is 0 Å². The first-order valence-electron chi connectivity index (χ1n) is 7.40. The van der Waals surface area contributed by atoms with E-state index in [1.165, 1.54) is 18.5 Å². The van der Waals surface area contributed by atoms with Gasteiger partial charge in [-0.05, 0) is 38.4 Å². The normalized spacial score (nSPS) is 10.5. The predicted octanol–water partition coefficient (Wildman–Crippen LogP) is 2.39. The second kappa shape index (κ2) is 8.56. The van der Waals surface area contributed by atoms with Gasteiger partial charge in [0.1, 0.15) is 0 Å². The van der Waals surface area contributed by atoms with Gasteiger partial charge in [0.2, 0.25) is 0 Å². The number of pyridine rings is 1. The average molecular weight is 391 g/mol. The first kappa shape index (κ1) is 18.1. The minimum atomic E-state index is -0.316. The first-order valence-corrected chi connectivity index (χ1v) is 8.20. The molecule has 1 heterocycles. The zero-order valence-electron chi connectivity index (χ0n) is 13.5. The average Bonchev–Trinajstić information content (AvgIpc) is 2.54. The Bertz CT molecular complexity index is 734. The standard InChI is InChI=1S/C17H19BrN4O2/c1-22(2)7-6-20-16(23)12-8-13(11-19-10-12)17(24)21-15-5-3-4-14(18)9-15/h3-5,8-11H,6-7H2,1-2H3,(H,20,23)(H,21,24). The molecule has 0 spiro atoms. The fourth-order valence-corrected chi connectivity index (χ4v) is 2.35. The lowest BCUT2D eigenvalue weighted by Crippen LogP contribution is -2.31. The zero-order valence-corrected chi connectivity index (χ0v) is 15.1. The maximum atomic E-state index is 12.3. The molecule has 6 nitrogen and oxygen atoms in total. The summed E-state index contributed by atoms with van der Waals surface area (Å²) in [4.78, 5) is 30.4. The number of halogens is 1. The van der Waals surface area contributed by atoms with Gasteiger partial charge in [-0.15, -0.1) is 0 Å². The number of nitrogens with zero attached hydrogens (tertiary/aromatic N) is 2. The lowest BCUT2D eigenvalue weighted by molar-refractivity contribution is 0.0950. The van der Waals surface area contributed by atoms with E-state index in [0.29, 0.717) is 23.4 Å². The summed E-state index contributed by atoms with van der Waals surface area (Å²) in [6.45, 7) is 1.27. The van der Waals surface area contributed by atoms with E-state index < -0.39 is 0 Å². The number of hydrogen-bond donors (Lipinski definition) is 2. The van der Waals surface area contributed by atoms with Crippen LogP contribution in [0.15, 0.2) is 47.2 Å². The molecule has 0 unspecified atom stereocenters. The molecule has 1 aromatic carbocycles. The zero-order chi connectivity index (χ0) is 17.5. The van der Waals surface area contributed by atoms with Crippen LogP contribution in [0.3, 0.4) is 0 Å². The SMILES string of the molecule is CN(C)CCNC(=O)c1cncc(C(=O)Nc2cccc(Br)c2)c1. The lowest BCUT2D eigenvalue weighted by atomic mass is 10.2. The molecule has 7 heteroatoms. The topological polar surface area (TPSA) is 74.3 Å². The molecular weight excluding hydrogens is 372 g/mol. The highest BCUT2D eigenvalue weighted by Gasteiger charge is 2.11. The Hall–Kier alpha value is -2.25. The Morgan fingerprint density at radius 3 is 2.50 bits per heavy atom. The summed E-state index contributed by atoms with van der Waals surface area (Å²) in [5.74, 6) is -0.565. The summed E-state index contributed by atoms with van der Waals surface area (Å²) in [7, 11) is 3.86. The van der Waals surface area contributed by atoms with Crippen molar-refractivity contribution in [2.75, 3.05) is 32.5 Å². The van der Waals surface area contributed by atoms with Crippen LogP contribution in [-0.2, 0) is 0 Å². The minimum absolute atomic E-state index is 0.249. The number of anilines is 1. The van der Waals surface area contributed by atoms with E-state index in [-0.39, 0.29) is 11.8 Å². The van der Waals surface area contributed by atoms with Crippen molar-refractivity contribution in [1.82, 2.24) is 15.2 Å². The molecule has 126 valence electrons. The van der Waals surface area contributed by atoms with E-state index >= 15 is 0 Å². The van der Waals surface area contributed by atoms with E-state index in [4.69, 9.17) is 0 Å². The monoisotopic (exact) mass is 390 g/mol. The highest BCUT2D eigenvalue weighted by atomic mass is 79.9. The minimum Gasteiger partial charge on any atom is -0.351 e. The summed E-state index contributed by atoms with van der Waals surface area (Å²) in [5.41, 5.74) is 1.35. The van der Waals surface area contributed by atoms with E-state index in [1.807, 2.05) is 31.1 Å². The fraction of sp³-hybridized carbons (Fsp3) is 0.235. The fourth-order valence-electron chi connectivity index (χ4n) is 1.95. The molecular formula is C17H19BrN4O2. The molecule has 2 amide bonds. The molecule has 0 aliphatic heterocycles. The van der Waals surface area contributed by atoms with Gasteiger partial charge in [-0.25, -0.2) is 0 Å². The number of carbonyl (C=O) groups excluding carboxylic acids is 2. The Morgan fingerprint density at radius 2 is 1.83 bits per heavy atom. The number of rotatable bonds is 6. The largest absolute Gasteiger partial charge is 0.351 e. The van der Waals surface area contributed by atoms with Crippen molar-refractivity contribution in [3.63, 3.8) is 0 Å². The molecule has 2 aromatic rings. The number of aromatic nitrogens is 1. The Labute approximate surface area is 149 Å². The van der Waals surface area contributed by atoms with Crippen LogP contribution < -0.4 is 10.6 Å². The second-order valence-corrected chi connectivity index (χ2v) is 6.40. The van der Waals surface area contributed by atoms with Gasteiger partial charge in [0, 0.05) is 35.6 Å². The molecule has 0 radical (unpaired) electrons. The van der Waals surface area contributed by atoms with Gasteiger partial charge in [-0.1, -0.05) is 22.0 Å². The summed E-state index contributed by atoms with van der Waals surface area (Å²) in [6, 6.07) is 8.81. The summed E-state index contributed by atoms with van der Waals surface area (Å²) in [5, 5.41) is 5.57. The maximum absolute atomic E-state index is 12.3. The molecule has 0 bridgehead atoms. The Morgan fingerprint density at radius 1 is 1.12 bits per heavy atom. The molecule has 0 saturated carbocycles. The first-order chi connectivity index (χ1) is 11.5. The number of hydrogen-bond acceptors (Lipinski definition) is 4. The van der Waals surface area contributed by atoms with E-state index in [2.05, 4.69) is 31.5 Å². The third kappa shape index (κ3) is 5.43. The van der Waals surface area contributed by atoms with Crippen molar-refractivity contribution in [2.24, 2.45) is 0 Å². The van der Waals surface area contributed by atoms with Gasteiger partial charge in [0.05, 0.1) is 11.1 Å². The van der Waals surface area contributed by atoms with Crippen LogP contribution in [-0.4, -0.2) is 48.9 Å². The highest BCUT2D eigenvalue weighted by molar-refractivity contribution is 9.10.